The second-order valence-corrected chi connectivity index (χ2v) is 4.16. The van der Waals surface area contributed by atoms with E-state index in [1.54, 1.807) is 0 Å². The molecule has 4 nitrogen and oxygen atoms in total. The highest BCUT2D eigenvalue weighted by molar-refractivity contribution is 6.07. The summed E-state index contributed by atoms with van der Waals surface area (Å²) in [6.45, 7) is 1.63. The number of nitrogens with zero attached hydrogens (tertiary/aromatic N) is 1. The average molecular weight is 195 g/mol. The number of amidine groups is 1. The van der Waals surface area contributed by atoms with E-state index in [4.69, 9.17) is 5.73 Å². The molecule has 0 bridgehead atoms. The zero-order valence-electron chi connectivity index (χ0n) is 8.38. The molecule has 1 fully saturated rings. The van der Waals surface area contributed by atoms with Gasteiger partial charge in [0.05, 0.1) is 6.54 Å². The van der Waals surface area contributed by atoms with E-state index in [1.807, 2.05) is 0 Å². The van der Waals surface area contributed by atoms with Gasteiger partial charge < -0.3 is 11.1 Å². The molecule has 78 valence electrons. The molecule has 14 heavy (non-hydrogen) atoms. The van der Waals surface area contributed by atoms with Gasteiger partial charge in [0, 0.05) is 6.54 Å². The van der Waals surface area contributed by atoms with Crippen LogP contribution >= 0.6 is 0 Å². The summed E-state index contributed by atoms with van der Waals surface area (Å²) in [5.74, 6) is 0.648. The number of amides is 1. The van der Waals surface area contributed by atoms with E-state index in [0.717, 1.165) is 44.6 Å². The van der Waals surface area contributed by atoms with Crippen LogP contribution in [0.5, 0.6) is 0 Å². The van der Waals surface area contributed by atoms with Crippen molar-refractivity contribution in [2.45, 2.75) is 32.1 Å². The van der Waals surface area contributed by atoms with E-state index in [-0.39, 0.29) is 5.91 Å². The van der Waals surface area contributed by atoms with Crippen LogP contribution in [-0.2, 0) is 4.79 Å². The minimum absolute atomic E-state index is 0.203. The first kappa shape index (κ1) is 9.49. The minimum atomic E-state index is -0.464. The largest absolute Gasteiger partial charge is 0.371 e. The summed E-state index contributed by atoms with van der Waals surface area (Å²) in [7, 11) is 0. The normalized spacial score (nSPS) is 25.3. The topological polar surface area (TPSA) is 67.5 Å². The van der Waals surface area contributed by atoms with Crippen LogP contribution in [0.1, 0.15) is 32.1 Å². The third-order valence-electron chi connectivity index (χ3n) is 3.31. The number of nitrogens with one attached hydrogen (secondary N) is 1. The minimum Gasteiger partial charge on any atom is -0.371 e. The number of primary amides is 1. The van der Waals surface area contributed by atoms with E-state index in [9.17, 15) is 4.79 Å². The average Bonchev–Trinajstić information content (AvgIpc) is 2.72. The van der Waals surface area contributed by atoms with Crippen molar-refractivity contribution in [3.8, 4) is 0 Å². The molecule has 3 N–H and O–H groups in total. The lowest BCUT2D eigenvalue weighted by atomic mass is 9.72. The molecule has 4 heteroatoms. The second kappa shape index (κ2) is 3.59. The van der Waals surface area contributed by atoms with Crippen molar-refractivity contribution in [3.05, 3.63) is 0 Å². The zero-order valence-corrected chi connectivity index (χ0v) is 8.38. The molecule has 0 aromatic rings. The quantitative estimate of drug-likeness (QED) is 0.670. The van der Waals surface area contributed by atoms with Crippen LogP contribution in [0.4, 0.5) is 0 Å². The van der Waals surface area contributed by atoms with E-state index in [1.165, 1.54) is 6.42 Å². The smallest absolute Gasteiger partial charge is 0.231 e. The van der Waals surface area contributed by atoms with Crippen molar-refractivity contribution in [1.29, 1.82) is 0 Å². The van der Waals surface area contributed by atoms with Gasteiger partial charge in [-0.3, -0.25) is 9.79 Å². The monoisotopic (exact) mass is 195 g/mol. The molecule has 1 saturated carbocycles. The molecule has 0 radical (unpaired) electrons. The number of hydrogen-bond acceptors (Lipinski definition) is 3. The van der Waals surface area contributed by atoms with Crippen molar-refractivity contribution in [1.82, 2.24) is 5.32 Å². The van der Waals surface area contributed by atoms with Gasteiger partial charge in [0.15, 0.2) is 0 Å². The van der Waals surface area contributed by atoms with Gasteiger partial charge in [-0.1, -0.05) is 19.3 Å². The Bertz CT molecular complexity index is 267. The highest BCUT2D eigenvalue weighted by Gasteiger charge is 2.43. The molecule has 0 saturated heterocycles. The highest BCUT2D eigenvalue weighted by Crippen LogP contribution is 2.37. The summed E-state index contributed by atoms with van der Waals surface area (Å²) < 4.78 is 0. The lowest BCUT2D eigenvalue weighted by Crippen LogP contribution is -2.49. The maximum absolute atomic E-state index is 11.6. The van der Waals surface area contributed by atoms with Gasteiger partial charge in [0.2, 0.25) is 5.91 Å². The molecule has 1 aliphatic heterocycles. The van der Waals surface area contributed by atoms with Crippen molar-refractivity contribution >= 4 is 11.7 Å². The SMILES string of the molecule is NC(=O)C1(C2=NCCN2)CCCCC1. The molecule has 1 amide bonds. The Hall–Kier alpha value is -1.06. The number of hydrogen-bond donors (Lipinski definition) is 2. The Morgan fingerprint density at radius 1 is 1.36 bits per heavy atom. The van der Waals surface area contributed by atoms with Crippen LogP contribution in [0.25, 0.3) is 0 Å². The molecule has 1 aliphatic carbocycles. The Morgan fingerprint density at radius 3 is 2.57 bits per heavy atom. The predicted molar refractivity (Wildman–Crippen MR) is 55.0 cm³/mol. The van der Waals surface area contributed by atoms with Crippen molar-refractivity contribution in [3.63, 3.8) is 0 Å². The van der Waals surface area contributed by atoms with Gasteiger partial charge in [0.25, 0.3) is 0 Å². The third kappa shape index (κ3) is 1.38. The van der Waals surface area contributed by atoms with Gasteiger partial charge in [-0.15, -0.1) is 0 Å². The van der Waals surface area contributed by atoms with Gasteiger partial charge in [-0.05, 0) is 12.8 Å². The van der Waals surface area contributed by atoms with Crippen LogP contribution in [0.3, 0.4) is 0 Å². The lowest BCUT2D eigenvalue weighted by Gasteiger charge is -2.34. The summed E-state index contributed by atoms with van der Waals surface area (Å²) >= 11 is 0. The number of carbonyl (C=O) groups excluding carboxylic acids is 1. The summed E-state index contributed by atoms with van der Waals surface area (Å²) in [6.07, 6.45) is 5.12. The first-order valence-corrected chi connectivity index (χ1v) is 5.34. The van der Waals surface area contributed by atoms with Gasteiger partial charge >= 0.3 is 0 Å². The van der Waals surface area contributed by atoms with Gasteiger partial charge in [-0.25, -0.2) is 0 Å². The molecular formula is C10H17N3O. The molecule has 2 aliphatic rings. The third-order valence-corrected chi connectivity index (χ3v) is 3.31. The zero-order chi connectivity index (χ0) is 10.0. The number of aliphatic imine (C=N–C) groups is 1. The molecule has 0 unspecified atom stereocenters. The van der Waals surface area contributed by atoms with Crippen molar-refractivity contribution in [2.24, 2.45) is 16.1 Å². The number of nitrogens with two attached hydrogens (primary N) is 1. The highest BCUT2D eigenvalue weighted by atomic mass is 16.1. The van der Waals surface area contributed by atoms with Crippen LogP contribution in [0.2, 0.25) is 0 Å². The molecule has 1 heterocycles. The van der Waals surface area contributed by atoms with Gasteiger partial charge in [-0.2, -0.15) is 0 Å². The molecule has 0 atom stereocenters. The fourth-order valence-corrected chi connectivity index (χ4v) is 2.47. The molecular weight excluding hydrogens is 178 g/mol. The number of carbonyl (C=O) groups is 1. The van der Waals surface area contributed by atoms with Crippen LogP contribution in [0.15, 0.2) is 4.99 Å². The summed E-state index contributed by atoms with van der Waals surface area (Å²) in [6, 6.07) is 0. The second-order valence-electron chi connectivity index (χ2n) is 4.16. The number of rotatable bonds is 2. The Kier molecular flexibility index (Phi) is 2.44. The maximum Gasteiger partial charge on any atom is 0.231 e. The molecule has 0 spiro atoms. The Morgan fingerprint density at radius 2 is 2.07 bits per heavy atom. The van der Waals surface area contributed by atoms with Crippen LogP contribution < -0.4 is 11.1 Å². The maximum atomic E-state index is 11.6. The van der Waals surface area contributed by atoms with E-state index in [0.29, 0.717) is 0 Å². The first-order chi connectivity index (χ1) is 6.76. The Labute approximate surface area is 84.0 Å². The molecule has 2 rings (SSSR count). The standard InChI is InChI=1S/C10H17N3O/c11-8(14)10(4-2-1-3-5-10)9-12-6-7-13-9/h1-7H2,(H2,11,14)(H,12,13). The van der Waals surface area contributed by atoms with Crippen LogP contribution in [0, 0.1) is 5.41 Å². The van der Waals surface area contributed by atoms with Crippen LogP contribution in [-0.4, -0.2) is 24.8 Å². The first-order valence-electron chi connectivity index (χ1n) is 5.34. The van der Waals surface area contributed by atoms with Crippen molar-refractivity contribution in [2.75, 3.05) is 13.1 Å². The Balaban J connectivity index is 2.24. The summed E-state index contributed by atoms with van der Waals surface area (Å²) in [5, 5.41) is 3.20. The van der Waals surface area contributed by atoms with E-state index >= 15 is 0 Å². The van der Waals surface area contributed by atoms with Gasteiger partial charge in [0.1, 0.15) is 11.3 Å². The van der Waals surface area contributed by atoms with E-state index in [2.05, 4.69) is 10.3 Å². The molecule has 0 aromatic heterocycles. The van der Waals surface area contributed by atoms with Crippen molar-refractivity contribution < 1.29 is 4.79 Å². The predicted octanol–water partition coefficient (Wildman–Crippen LogP) is 0.424. The lowest BCUT2D eigenvalue weighted by molar-refractivity contribution is -0.125. The summed E-state index contributed by atoms with van der Waals surface area (Å²) in [4.78, 5) is 15.9. The molecule has 0 aromatic carbocycles. The van der Waals surface area contributed by atoms with E-state index < -0.39 is 5.41 Å². The fraction of sp³-hybridized carbons (Fsp3) is 0.800. The fourth-order valence-electron chi connectivity index (χ4n) is 2.47. The summed E-state index contributed by atoms with van der Waals surface area (Å²) in [5.41, 5.74) is 5.06.